The molecule has 6 nitrogen and oxygen atoms in total. The number of rotatable bonds is 55. The molecule has 0 aliphatic carbocycles. The van der Waals surface area contributed by atoms with E-state index < -0.39 is 6.10 Å². The molecule has 1 atom stereocenters. The summed E-state index contributed by atoms with van der Waals surface area (Å²) in [6, 6.07) is 0. The monoisotopic (exact) mass is 1030 g/mol. The maximum atomic E-state index is 12.9. The zero-order valence-electron chi connectivity index (χ0n) is 48.3. The van der Waals surface area contributed by atoms with Gasteiger partial charge in [0.15, 0.2) is 6.10 Å². The molecule has 0 spiro atoms. The average molecular weight is 1030 g/mol. The molecule has 0 N–H and O–H groups in total. The number of allylic oxidation sites excluding steroid dienone is 18. The van der Waals surface area contributed by atoms with Crippen LogP contribution in [0.5, 0.6) is 0 Å². The van der Waals surface area contributed by atoms with Crippen molar-refractivity contribution in [3.8, 4) is 0 Å². The Morgan fingerprint density at radius 3 is 0.878 bits per heavy atom. The van der Waals surface area contributed by atoms with Crippen LogP contribution in [0.4, 0.5) is 0 Å². The van der Waals surface area contributed by atoms with Crippen LogP contribution in [-0.4, -0.2) is 37.2 Å². The number of esters is 3. The summed E-state index contributed by atoms with van der Waals surface area (Å²) in [6.45, 7) is 6.47. The van der Waals surface area contributed by atoms with Gasteiger partial charge in [-0.15, -0.1) is 0 Å². The van der Waals surface area contributed by atoms with Gasteiger partial charge in [0.25, 0.3) is 0 Å². The van der Waals surface area contributed by atoms with Crippen molar-refractivity contribution >= 4 is 17.9 Å². The molecule has 0 bridgehead atoms. The second kappa shape index (κ2) is 61.6. The minimum atomic E-state index is -0.792. The van der Waals surface area contributed by atoms with Gasteiger partial charge in [-0.05, 0) is 103 Å². The second-order valence-electron chi connectivity index (χ2n) is 20.2. The van der Waals surface area contributed by atoms with Gasteiger partial charge in [0.05, 0.1) is 0 Å². The van der Waals surface area contributed by atoms with Crippen molar-refractivity contribution in [2.24, 2.45) is 0 Å². The minimum Gasteiger partial charge on any atom is -0.462 e. The van der Waals surface area contributed by atoms with E-state index in [1.54, 1.807) is 0 Å². The van der Waals surface area contributed by atoms with Gasteiger partial charge in [-0.3, -0.25) is 14.4 Å². The molecule has 422 valence electrons. The van der Waals surface area contributed by atoms with E-state index in [1.165, 1.54) is 116 Å². The molecule has 0 saturated heterocycles. The minimum absolute atomic E-state index is 0.0893. The molecule has 0 heterocycles. The largest absolute Gasteiger partial charge is 0.462 e. The molecule has 0 aromatic rings. The molecule has 0 aromatic carbocycles. The average Bonchev–Trinajstić information content (AvgIpc) is 3.40. The van der Waals surface area contributed by atoms with Crippen molar-refractivity contribution in [3.05, 3.63) is 109 Å². The Balaban J connectivity index is 4.33. The lowest BCUT2D eigenvalue weighted by atomic mass is 10.0. The Kier molecular flexibility index (Phi) is 58.3. The van der Waals surface area contributed by atoms with E-state index in [2.05, 4.69) is 130 Å². The highest BCUT2D eigenvalue weighted by Crippen LogP contribution is 2.16. The molecular weight excluding hydrogens is 913 g/mol. The third-order valence-corrected chi connectivity index (χ3v) is 13.0. The predicted octanol–water partition coefficient (Wildman–Crippen LogP) is 21.0. The van der Waals surface area contributed by atoms with E-state index in [0.29, 0.717) is 19.3 Å². The zero-order valence-corrected chi connectivity index (χ0v) is 48.3. The lowest BCUT2D eigenvalue weighted by Crippen LogP contribution is -2.30. The van der Waals surface area contributed by atoms with E-state index in [4.69, 9.17) is 14.2 Å². The van der Waals surface area contributed by atoms with Gasteiger partial charge in [-0.2, -0.15) is 0 Å². The fourth-order valence-corrected chi connectivity index (χ4v) is 8.38. The van der Waals surface area contributed by atoms with Crippen molar-refractivity contribution in [3.63, 3.8) is 0 Å². The summed E-state index contributed by atoms with van der Waals surface area (Å²) in [4.78, 5) is 38.2. The van der Waals surface area contributed by atoms with Crippen molar-refractivity contribution in [1.82, 2.24) is 0 Å². The van der Waals surface area contributed by atoms with Gasteiger partial charge >= 0.3 is 17.9 Å². The highest BCUT2D eigenvalue weighted by Gasteiger charge is 2.19. The van der Waals surface area contributed by atoms with Crippen molar-refractivity contribution in [2.45, 2.75) is 290 Å². The number of unbranched alkanes of at least 4 members (excludes halogenated alkanes) is 26. The number of hydrogen-bond donors (Lipinski definition) is 0. The van der Waals surface area contributed by atoms with Crippen LogP contribution in [0.2, 0.25) is 0 Å². The summed E-state index contributed by atoms with van der Waals surface area (Å²) in [5, 5.41) is 0. The molecule has 0 radical (unpaired) electrons. The summed E-state index contributed by atoms with van der Waals surface area (Å²) in [5.74, 6) is -0.918. The fourth-order valence-electron chi connectivity index (χ4n) is 8.38. The molecule has 0 aliphatic rings. The maximum absolute atomic E-state index is 12.9. The van der Waals surface area contributed by atoms with Crippen molar-refractivity contribution in [2.75, 3.05) is 13.2 Å². The quantitative estimate of drug-likeness (QED) is 0.0261. The summed E-state index contributed by atoms with van der Waals surface area (Å²) in [6.07, 6.45) is 83.8. The molecule has 0 rings (SSSR count). The van der Waals surface area contributed by atoms with Crippen LogP contribution in [0.3, 0.4) is 0 Å². The smallest absolute Gasteiger partial charge is 0.306 e. The number of carbonyl (C=O) groups excluding carboxylic acids is 3. The van der Waals surface area contributed by atoms with E-state index in [-0.39, 0.29) is 31.1 Å². The molecule has 0 amide bonds. The van der Waals surface area contributed by atoms with Gasteiger partial charge in [0.2, 0.25) is 0 Å². The van der Waals surface area contributed by atoms with Crippen LogP contribution in [0.25, 0.3) is 0 Å². The molecule has 1 unspecified atom stereocenters. The standard InChI is InChI=1S/C68H114O6/c1-4-7-10-13-16-19-22-24-26-28-29-30-31-32-33-34-35-36-37-38-39-40-42-43-46-49-52-55-58-61-67(70)73-64-65(63-72-66(69)60-57-54-51-48-45-21-18-15-12-9-6-3)74-68(71)62-59-56-53-50-47-44-41-27-25-23-20-17-14-11-8-5-2/h7,10,15-16,18-19,24,26,29-30,32-33,35-36,38-39,42-43,65H,4-6,8-9,11-14,17,20-23,25,27-28,31,34,37,40-41,44-64H2,1-3H3/b10-7-,18-15-,19-16-,26-24-,30-29-,33-32-,36-35-,39-38-,43-42-. The van der Waals surface area contributed by atoms with Crippen molar-refractivity contribution < 1.29 is 28.6 Å². The van der Waals surface area contributed by atoms with Crippen LogP contribution < -0.4 is 0 Å². The van der Waals surface area contributed by atoms with Crippen LogP contribution in [0, 0.1) is 0 Å². The molecular formula is C68H114O6. The maximum Gasteiger partial charge on any atom is 0.306 e. The molecule has 0 aromatic heterocycles. The Labute approximate surface area is 457 Å². The molecule has 74 heavy (non-hydrogen) atoms. The van der Waals surface area contributed by atoms with Gasteiger partial charge < -0.3 is 14.2 Å². The van der Waals surface area contributed by atoms with Crippen LogP contribution in [0.1, 0.15) is 284 Å². The molecule has 6 heteroatoms. The highest BCUT2D eigenvalue weighted by atomic mass is 16.6. The van der Waals surface area contributed by atoms with E-state index >= 15 is 0 Å². The molecule has 0 aliphatic heterocycles. The first kappa shape index (κ1) is 70.1. The van der Waals surface area contributed by atoms with E-state index in [1.807, 2.05) is 0 Å². The van der Waals surface area contributed by atoms with Gasteiger partial charge in [-0.25, -0.2) is 0 Å². The Hall–Kier alpha value is -3.93. The third-order valence-electron chi connectivity index (χ3n) is 13.0. The summed E-state index contributed by atoms with van der Waals surface area (Å²) >= 11 is 0. The van der Waals surface area contributed by atoms with Gasteiger partial charge in [0.1, 0.15) is 13.2 Å². The zero-order chi connectivity index (χ0) is 53.6. The molecule has 0 fully saturated rings. The van der Waals surface area contributed by atoms with E-state index in [0.717, 1.165) is 128 Å². The Bertz CT molecular complexity index is 1510. The number of carbonyl (C=O) groups is 3. The number of ether oxygens (including phenoxy) is 3. The summed E-state index contributed by atoms with van der Waals surface area (Å²) < 4.78 is 16.8. The van der Waals surface area contributed by atoms with Crippen LogP contribution >= 0.6 is 0 Å². The Morgan fingerprint density at radius 1 is 0.284 bits per heavy atom. The topological polar surface area (TPSA) is 78.9 Å². The molecule has 0 saturated carbocycles. The first-order valence-electron chi connectivity index (χ1n) is 30.9. The highest BCUT2D eigenvalue weighted by molar-refractivity contribution is 5.71. The number of hydrogen-bond acceptors (Lipinski definition) is 6. The van der Waals surface area contributed by atoms with E-state index in [9.17, 15) is 14.4 Å². The van der Waals surface area contributed by atoms with Gasteiger partial charge in [-0.1, -0.05) is 271 Å². The van der Waals surface area contributed by atoms with Crippen LogP contribution in [0.15, 0.2) is 109 Å². The SMILES string of the molecule is CC/C=C\C/C=C\C/C=C\C/C=C\C/C=C\C/C=C\C/C=C\C/C=C\CCCCCCC(=O)OCC(COC(=O)CCCCCCC/C=C\CCCC)OC(=O)CCCCCCCCCCCCCCCCCC. The predicted molar refractivity (Wildman–Crippen MR) is 320 cm³/mol. The van der Waals surface area contributed by atoms with Crippen molar-refractivity contribution in [1.29, 1.82) is 0 Å². The van der Waals surface area contributed by atoms with Crippen LogP contribution in [-0.2, 0) is 28.6 Å². The second-order valence-corrected chi connectivity index (χ2v) is 20.2. The lowest BCUT2D eigenvalue weighted by molar-refractivity contribution is -0.167. The summed E-state index contributed by atoms with van der Waals surface area (Å²) in [5.41, 5.74) is 0. The Morgan fingerprint density at radius 2 is 0.541 bits per heavy atom. The summed E-state index contributed by atoms with van der Waals surface area (Å²) in [7, 11) is 0. The third kappa shape index (κ3) is 59.0. The first-order valence-corrected chi connectivity index (χ1v) is 30.9. The normalized spacial score (nSPS) is 12.9. The lowest BCUT2D eigenvalue weighted by Gasteiger charge is -2.18. The first-order chi connectivity index (χ1) is 36.5. The fraction of sp³-hybridized carbons (Fsp3) is 0.691. The van der Waals surface area contributed by atoms with Gasteiger partial charge in [0, 0.05) is 19.3 Å².